The second-order valence-electron chi connectivity index (χ2n) is 10.1. The maximum atomic E-state index is 5.39. The van der Waals surface area contributed by atoms with Crippen LogP contribution in [0.2, 0.25) is 0 Å². The first-order chi connectivity index (χ1) is 17.8. The Kier molecular flexibility index (Phi) is 16.5. The van der Waals surface area contributed by atoms with Gasteiger partial charge in [-0.25, -0.2) is 4.57 Å². The molecule has 0 N–H and O–H groups in total. The van der Waals surface area contributed by atoms with Gasteiger partial charge in [0.15, 0.2) is 23.9 Å². The zero-order chi connectivity index (χ0) is 25.7. The van der Waals surface area contributed by atoms with Gasteiger partial charge in [0.1, 0.15) is 6.54 Å². The Labute approximate surface area is 221 Å². The Balaban J connectivity index is 1.48. The number of hydrogen-bond acceptors (Lipinski definition) is 2. The lowest BCUT2D eigenvalue weighted by molar-refractivity contribution is -0.697. The number of aryl methyl sites for hydroxylation is 1. The van der Waals surface area contributed by atoms with Crippen LogP contribution < -0.4 is 14.0 Å². The van der Waals surface area contributed by atoms with Gasteiger partial charge in [0.2, 0.25) is 0 Å². The van der Waals surface area contributed by atoms with Crippen molar-refractivity contribution in [1.82, 2.24) is 0 Å². The van der Waals surface area contributed by atoms with E-state index in [1.807, 2.05) is 18.2 Å². The van der Waals surface area contributed by atoms with E-state index in [9.17, 15) is 0 Å². The molecule has 1 heterocycles. The predicted molar refractivity (Wildman–Crippen MR) is 155 cm³/mol. The molecule has 3 heteroatoms. The molecule has 0 aliphatic carbocycles. The van der Waals surface area contributed by atoms with Crippen LogP contribution >= 0.6 is 0 Å². The molecule has 3 nitrogen and oxygen atoms in total. The molecule has 0 saturated heterocycles. The molecule has 0 amide bonds. The fourth-order valence-corrected chi connectivity index (χ4v) is 4.72. The predicted octanol–water partition coefficient (Wildman–Crippen LogP) is 9.42. The molecule has 0 fully saturated rings. The first kappa shape index (κ1) is 29.9. The lowest BCUT2D eigenvalue weighted by atomic mass is 10.0. The van der Waals surface area contributed by atoms with Gasteiger partial charge in [0.25, 0.3) is 0 Å². The molecule has 2 aromatic rings. The summed E-state index contributed by atoms with van der Waals surface area (Å²) in [6.45, 7) is 3.40. The van der Waals surface area contributed by atoms with Crippen molar-refractivity contribution in [2.45, 2.75) is 116 Å². The topological polar surface area (TPSA) is 22.3 Å². The average Bonchev–Trinajstić information content (AvgIpc) is 2.92. The summed E-state index contributed by atoms with van der Waals surface area (Å²) in [6, 6.07) is 10.3. The second kappa shape index (κ2) is 19.8. The molecule has 36 heavy (non-hydrogen) atoms. The van der Waals surface area contributed by atoms with E-state index in [0.717, 1.165) is 23.6 Å². The lowest BCUT2D eigenvalue weighted by Crippen LogP contribution is -2.32. The summed E-state index contributed by atoms with van der Waals surface area (Å²) < 4.78 is 13.0. The van der Waals surface area contributed by atoms with Crippen LogP contribution in [-0.4, -0.2) is 14.2 Å². The number of rotatable bonds is 21. The zero-order valence-corrected chi connectivity index (χ0v) is 23.5. The summed E-state index contributed by atoms with van der Waals surface area (Å²) >= 11 is 0. The molecule has 0 saturated carbocycles. The SMILES string of the molecule is CCCCCCCCCCCCCCCCCC[n+]1ccc(/C=C/c2ccc(OC)c(OC)c2)cc1. The normalized spacial score (nSPS) is 11.3. The summed E-state index contributed by atoms with van der Waals surface area (Å²) in [5.74, 6) is 1.51. The van der Waals surface area contributed by atoms with Crippen LogP contribution in [0.1, 0.15) is 121 Å². The first-order valence-corrected chi connectivity index (χ1v) is 14.7. The molecule has 0 aliphatic heterocycles. The molecule has 0 spiro atoms. The summed E-state index contributed by atoms with van der Waals surface area (Å²) in [4.78, 5) is 0. The fourth-order valence-electron chi connectivity index (χ4n) is 4.72. The molecule has 0 aliphatic rings. The van der Waals surface area contributed by atoms with Crippen molar-refractivity contribution >= 4 is 12.2 Å². The second-order valence-corrected chi connectivity index (χ2v) is 10.1. The van der Waals surface area contributed by atoms with E-state index in [4.69, 9.17) is 9.47 Å². The van der Waals surface area contributed by atoms with Crippen LogP contribution in [0.3, 0.4) is 0 Å². The number of ether oxygens (including phenoxy) is 2. The van der Waals surface area contributed by atoms with E-state index in [2.05, 4.69) is 48.2 Å². The Morgan fingerprint density at radius 2 is 1.03 bits per heavy atom. The number of pyridine rings is 1. The third kappa shape index (κ3) is 13.1. The molecule has 0 atom stereocenters. The van der Waals surface area contributed by atoms with Crippen molar-refractivity contribution in [1.29, 1.82) is 0 Å². The summed E-state index contributed by atoms with van der Waals surface area (Å²) in [7, 11) is 3.33. The highest BCUT2D eigenvalue weighted by atomic mass is 16.5. The van der Waals surface area contributed by atoms with Gasteiger partial charge in [-0.15, -0.1) is 0 Å². The van der Waals surface area contributed by atoms with E-state index in [0.29, 0.717) is 0 Å². The summed E-state index contributed by atoms with van der Waals surface area (Å²) in [6.07, 6.45) is 31.3. The third-order valence-electron chi connectivity index (χ3n) is 7.06. The van der Waals surface area contributed by atoms with Crippen molar-refractivity contribution in [2.75, 3.05) is 14.2 Å². The van der Waals surface area contributed by atoms with Gasteiger partial charge in [-0.3, -0.25) is 0 Å². The monoisotopic (exact) mass is 494 g/mol. The molecule has 1 aromatic carbocycles. The Hall–Kier alpha value is -2.29. The zero-order valence-electron chi connectivity index (χ0n) is 23.5. The van der Waals surface area contributed by atoms with Crippen LogP contribution in [0.25, 0.3) is 12.2 Å². The number of unbranched alkanes of at least 4 members (excludes halogenated alkanes) is 15. The lowest BCUT2D eigenvalue weighted by Gasteiger charge is -2.07. The van der Waals surface area contributed by atoms with Crippen LogP contribution in [0, 0.1) is 0 Å². The highest BCUT2D eigenvalue weighted by molar-refractivity contribution is 5.70. The minimum Gasteiger partial charge on any atom is -0.493 e. The largest absolute Gasteiger partial charge is 0.493 e. The minimum atomic E-state index is 0.754. The van der Waals surface area contributed by atoms with Crippen LogP contribution in [-0.2, 0) is 6.54 Å². The van der Waals surface area contributed by atoms with Crippen LogP contribution in [0.15, 0.2) is 42.7 Å². The molecule has 0 radical (unpaired) electrons. The molecule has 2 rings (SSSR count). The number of hydrogen-bond donors (Lipinski definition) is 0. The Bertz CT molecular complexity index is 828. The van der Waals surface area contributed by atoms with Gasteiger partial charge < -0.3 is 9.47 Å². The quantitative estimate of drug-likeness (QED) is 0.127. The minimum absolute atomic E-state index is 0.754. The van der Waals surface area contributed by atoms with Crippen molar-refractivity contribution < 1.29 is 14.0 Å². The van der Waals surface area contributed by atoms with Crippen molar-refractivity contribution in [2.24, 2.45) is 0 Å². The smallest absolute Gasteiger partial charge is 0.169 e. The van der Waals surface area contributed by atoms with Crippen LogP contribution in [0.5, 0.6) is 11.5 Å². The van der Waals surface area contributed by atoms with Gasteiger partial charge in [0.05, 0.1) is 14.2 Å². The number of benzene rings is 1. The molecule has 200 valence electrons. The fraction of sp³-hybridized carbons (Fsp3) is 0.606. The molecule has 0 unspecified atom stereocenters. The van der Waals surface area contributed by atoms with E-state index in [1.165, 1.54) is 108 Å². The Morgan fingerprint density at radius 1 is 0.556 bits per heavy atom. The van der Waals surface area contributed by atoms with Gasteiger partial charge in [-0.2, -0.15) is 0 Å². The highest BCUT2D eigenvalue weighted by Crippen LogP contribution is 2.28. The van der Waals surface area contributed by atoms with Crippen molar-refractivity contribution in [3.63, 3.8) is 0 Å². The maximum Gasteiger partial charge on any atom is 0.169 e. The number of methoxy groups -OCH3 is 2. The number of nitrogens with zero attached hydrogens (tertiary/aromatic N) is 1. The molecular weight excluding hydrogens is 442 g/mol. The van der Waals surface area contributed by atoms with Crippen LogP contribution in [0.4, 0.5) is 0 Å². The third-order valence-corrected chi connectivity index (χ3v) is 7.06. The summed E-state index contributed by atoms with van der Waals surface area (Å²) in [5.41, 5.74) is 2.30. The van der Waals surface area contributed by atoms with E-state index in [-0.39, 0.29) is 0 Å². The van der Waals surface area contributed by atoms with E-state index >= 15 is 0 Å². The molecule has 0 bridgehead atoms. The summed E-state index contributed by atoms with van der Waals surface area (Å²) in [5, 5.41) is 0. The average molecular weight is 495 g/mol. The highest BCUT2D eigenvalue weighted by Gasteiger charge is 2.03. The van der Waals surface area contributed by atoms with Gasteiger partial charge in [-0.1, -0.05) is 115 Å². The first-order valence-electron chi connectivity index (χ1n) is 14.7. The Morgan fingerprint density at radius 3 is 1.53 bits per heavy atom. The standard InChI is InChI=1S/C33H52NO2/c1-4-5-6-7-8-9-10-11-12-13-14-15-16-17-18-19-26-34-27-24-30(25-28-34)20-21-31-22-23-32(35-2)33(29-31)36-3/h20-25,27-29H,4-19,26H2,1-3H3/q+1/b21-20+. The molecule has 1 aromatic heterocycles. The van der Waals surface area contributed by atoms with Gasteiger partial charge >= 0.3 is 0 Å². The van der Waals surface area contributed by atoms with E-state index < -0.39 is 0 Å². The van der Waals surface area contributed by atoms with Gasteiger partial charge in [0, 0.05) is 18.6 Å². The van der Waals surface area contributed by atoms with Crippen molar-refractivity contribution in [3.05, 3.63) is 53.9 Å². The van der Waals surface area contributed by atoms with E-state index in [1.54, 1.807) is 14.2 Å². The maximum absolute atomic E-state index is 5.39. The molecular formula is C33H52NO2+. The van der Waals surface area contributed by atoms with Crippen molar-refractivity contribution in [3.8, 4) is 11.5 Å². The van der Waals surface area contributed by atoms with Gasteiger partial charge in [-0.05, 0) is 29.7 Å². The number of aromatic nitrogens is 1.